The van der Waals surface area contributed by atoms with E-state index in [1.165, 1.54) is 0 Å². The molecule has 0 spiro atoms. The Morgan fingerprint density at radius 1 is 0.941 bits per heavy atom. The second-order valence-corrected chi connectivity index (χ2v) is 6.25. The van der Waals surface area contributed by atoms with Crippen molar-refractivity contribution >= 4 is 15.4 Å². The maximum Gasteiger partial charge on any atom is 0.0771 e. The van der Waals surface area contributed by atoms with Crippen molar-refractivity contribution in [1.29, 1.82) is 0 Å². The summed E-state index contributed by atoms with van der Waals surface area (Å²) in [5, 5.41) is 0. The predicted octanol–water partition coefficient (Wildman–Crippen LogP) is 3.78. The lowest BCUT2D eigenvalue weighted by molar-refractivity contribution is 0.681. The summed E-state index contributed by atoms with van der Waals surface area (Å²) in [6.07, 6.45) is 1.68. The minimum absolute atomic E-state index is 0.767. The molecule has 1 atom stereocenters. The zero-order valence-electron chi connectivity index (χ0n) is 9.96. The second kappa shape index (κ2) is 4.72. The Kier molecular flexibility index (Phi) is 3.29. The summed E-state index contributed by atoms with van der Waals surface area (Å²) in [4.78, 5) is 0.767. The molecule has 0 aliphatic carbocycles. The first-order valence-electron chi connectivity index (χ1n) is 5.42. The topological polar surface area (TPSA) is 29.4 Å². The summed E-state index contributed by atoms with van der Waals surface area (Å²) < 4.78 is 16.9. The molecule has 0 saturated heterocycles. The summed E-state index contributed by atoms with van der Waals surface area (Å²) in [7, 11) is -2.36. The fraction of sp³-hybridized carbons (Fsp3) is 0.143. The maximum atomic E-state index is 12.5. The Morgan fingerprint density at radius 2 is 1.53 bits per heavy atom. The van der Waals surface area contributed by atoms with Crippen LogP contribution in [0.2, 0.25) is 0 Å². The molecule has 88 valence electrons. The van der Waals surface area contributed by atoms with Gasteiger partial charge in [-0.2, -0.15) is 4.36 Å². The number of nitrogens with zero attached hydrogens (tertiary/aromatic N) is 1. The Balaban J connectivity index is 2.54. The molecule has 0 amide bonds. The van der Waals surface area contributed by atoms with Crippen molar-refractivity contribution in [2.45, 2.75) is 11.8 Å². The highest BCUT2D eigenvalue weighted by molar-refractivity contribution is 7.93. The van der Waals surface area contributed by atoms with E-state index in [4.69, 9.17) is 0 Å². The van der Waals surface area contributed by atoms with Gasteiger partial charge in [-0.25, -0.2) is 4.21 Å². The van der Waals surface area contributed by atoms with Crippen LogP contribution in [-0.4, -0.2) is 10.5 Å². The third-order valence-corrected chi connectivity index (χ3v) is 4.26. The summed E-state index contributed by atoms with van der Waals surface area (Å²) >= 11 is 0. The van der Waals surface area contributed by atoms with Gasteiger partial charge in [-0.15, -0.1) is 0 Å². The van der Waals surface area contributed by atoms with Crippen LogP contribution >= 0.6 is 0 Å². The Hall–Kier alpha value is -1.61. The average molecular weight is 245 g/mol. The number of hydrogen-bond donors (Lipinski definition) is 0. The van der Waals surface area contributed by atoms with Crippen molar-refractivity contribution < 1.29 is 4.21 Å². The lowest BCUT2D eigenvalue weighted by Gasteiger charge is -2.05. The van der Waals surface area contributed by atoms with E-state index in [0.29, 0.717) is 0 Å². The molecule has 0 heterocycles. The van der Waals surface area contributed by atoms with E-state index >= 15 is 0 Å². The van der Waals surface area contributed by atoms with E-state index in [9.17, 15) is 4.21 Å². The maximum absolute atomic E-state index is 12.5. The van der Waals surface area contributed by atoms with Crippen LogP contribution in [0.25, 0.3) is 0 Å². The molecular weight excluding hydrogens is 230 g/mol. The summed E-state index contributed by atoms with van der Waals surface area (Å²) in [5.41, 5.74) is 1.84. The normalized spacial score (nSPS) is 14.0. The lowest BCUT2D eigenvalue weighted by atomic mass is 10.2. The molecule has 0 aliphatic heterocycles. The average Bonchev–Trinajstić information content (AvgIpc) is 2.33. The number of benzene rings is 2. The van der Waals surface area contributed by atoms with Crippen molar-refractivity contribution in [3.8, 4) is 0 Å². The van der Waals surface area contributed by atoms with Gasteiger partial charge in [0.05, 0.1) is 15.4 Å². The highest BCUT2D eigenvalue weighted by Gasteiger charge is 2.05. The summed E-state index contributed by atoms with van der Waals surface area (Å²) in [6.45, 7) is 1.97. The smallest absolute Gasteiger partial charge is 0.0771 e. The van der Waals surface area contributed by atoms with Gasteiger partial charge in [-0.3, -0.25) is 0 Å². The third kappa shape index (κ3) is 2.74. The molecule has 0 bridgehead atoms. The second-order valence-electron chi connectivity index (χ2n) is 3.99. The molecular formula is C14H15NOS. The van der Waals surface area contributed by atoms with E-state index in [-0.39, 0.29) is 0 Å². The van der Waals surface area contributed by atoms with Crippen molar-refractivity contribution in [2.75, 3.05) is 6.26 Å². The van der Waals surface area contributed by atoms with Crippen LogP contribution in [0.4, 0.5) is 5.69 Å². The minimum atomic E-state index is -2.36. The Morgan fingerprint density at radius 3 is 2.18 bits per heavy atom. The van der Waals surface area contributed by atoms with Crippen molar-refractivity contribution in [2.24, 2.45) is 4.36 Å². The molecule has 2 aromatic carbocycles. The van der Waals surface area contributed by atoms with Crippen LogP contribution in [0.5, 0.6) is 0 Å². The number of aryl methyl sites for hydroxylation is 1. The van der Waals surface area contributed by atoms with Gasteiger partial charge in [-0.1, -0.05) is 36.4 Å². The van der Waals surface area contributed by atoms with Gasteiger partial charge < -0.3 is 0 Å². The van der Waals surface area contributed by atoms with Gasteiger partial charge in [-0.05, 0) is 30.7 Å². The number of hydrogen-bond acceptors (Lipinski definition) is 2. The standard InChI is InChI=1S/C14H15NOS/c1-12-8-6-7-11-14(12)15-17(2,16)13-9-4-3-5-10-13/h3-11H,1-2H3/t17-/m1/s1. The molecule has 0 fully saturated rings. The van der Waals surface area contributed by atoms with Gasteiger partial charge in [0.1, 0.15) is 0 Å². The lowest BCUT2D eigenvalue weighted by Crippen LogP contribution is -1.96. The van der Waals surface area contributed by atoms with E-state index in [2.05, 4.69) is 4.36 Å². The zero-order valence-corrected chi connectivity index (χ0v) is 10.8. The largest absolute Gasteiger partial charge is 0.245 e. The molecule has 0 N–H and O–H groups in total. The molecule has 3 heteroatoms. The van der Waals surface area contributed by atoms with Crippen molar-refractivity contribution in [1.82, 2.24) is 0 Å². The highest BCUT2D eigenvalue weighted by atomic mass is 32.2. The van der Waals surface area contributed by atoms with Crippen LogP contribution in [0, 0.1) is 6.92 Å². The van der Waals surface area contributed by atoms with Crippen molar-refractivity contribution in [3.05, 3.63) is 60.2 Å². The molecule has 2 nitrogen and oxygen atoms in total. The van der Waals surface area contributed by atoms with Gasteiger partial charge >= 0.3 is 0 Å². The SMILES string of the molecule is Cc1ccccc1N=[S@](C)(=O)c1ccccc1. The van der Waals surface area contributed by atoms with Crippen LogP contribution in [-0.2, 0) is 9.73 Å². The monoisotopic (exact) mass is 245 g/mol. The first kappa shape index (κ1) is 11.9. The quantitative estimate of drug-likeness (QED) is 0.791. The molecule has 2 rings (SSSR count). The van der Waals surface area contributed by atoms with Gasteiger partial charge in [0.15, 0.2) is 0 Å². The summed E-state index contributed by atoms with van der Waals surface area (Å²) in [6, 6.07) is 17.1. The van der Waals surface area contributed by atoms with E-state index < -0.39 is 9.73 Å². The summed E-state index contributed by atoms with van der Waals surface area (Å²) in [5.74, 6) is 0. The van der Waals surface area contributed by atoms with Gasteiger partial charge in [0, 0.05) is 11.2 Å². The van der Waals surface area contributed by atoms with Gasteiger partial charge in [0.25, 0.3) is 0 Å². The molecule has 0 aromatic heterocycles. The van der Waals surface area contributed by atoms with Crippen LogP contribution in [0.1, 0.15) is 5.56 Å². The van der Waals surface area contributed by atoms with Crippen molar-refractivity contribution in [3.63, 3.8) is 0 Å². The van der Waals surface area contributed by atoms with Crippen LogP contribution < -0.4 is 0 Å². The Bertz CT molecular complexity index is 626. The van der Waals surface area contributed by atoms with Crippen LogP contribution in [0.15, 0.2) is 63.9 Å². The fourth-order valence-corrected chi connectivity index (χ4v) is 2.93. The van der Waals surface area contributed by atoms with E-state index in [1.807, 2.05) is 61.5 Å². The first-order valence-corrected chi connectivity index (χ1v) is 7.35. The fourth-order valence-electron chi connectivity index (χ4n) is 1.58. The molecule has 17 heavy (non-hydrogen) atoms. The third-order valence-electron chi connectivity index (χ3n) is 2.57. The highest BCUT2D eigenvalue weighted by Crippen LogP contribution is 2.22. The Labute approximate surface area is 102 Å². The number of rotatable bonds is 2. The molecule has 0 aliphatic rings. The minimum Gasteiger partial charge on any atom is -0.245 e. The molecule has 0 unspecified atom stereocenters. The van der Waals surface area contributed by atoms with E-state index in [1.54, 1.807) is 6.26 Å². The first-order chi connectivity index (χ1) is 8.09. The predicted molar refractivity (Wildman–Crippen MR) is 72.0 cm³/mol. The van der Waals surface area contributed by atoms with Gasteiger partial charge in [0.2, 0.25) is 0 Å². The molecule has 0 saturated carbocycles. The molecule has 2 aromatic rings. The molecule has 0 radical (unpaired) electrons. The van der Waals surface area contributed by atoms with E-state index in [0.717, 1.165) is 16.1 Å². The zero-order chi connectivity index (χ0) is 12.3. The van der Waals surface area contributed by atoms with Crippen LogP contribution in [0.3, 0.4) is 0 Å².